The Morgan fingerprint density at radius 2 is 2.07 bits per heavy atom. The molecule has 2 rings (SSSR count). The lowest BCUT2D eigenvalue weighted by molar-refractivity contribution is -0.137. The normalized spacial score (nSPS) is 30.4. The van der Waals surface area contributed by atoms with Crippen molar-refractivity contribution in [1.29, 1.82) is 5.26 Å². The zero-order valence-electron chi connectivity index (χ0n) is 17.0. The van der Waals surface area contributed by atoms with Crippen molar-refractivity contribution >= 4 is 5.97 Å². The second-order valence-electron chi connectivity index (χ2n) is 8.52. The van der Waals surface area contributed by atoms with Crippen molar-refractivity contribution in [2.45, 2.75) is 83.3 Å². The van der Waals surface area contributed by atoms with Crippen molar-refractivity contribution in [2.24, 2.45) is 23.2 Å². The summed E-state index contributed by atoms with van der Waals surface area (Å²) in [6, 6.07) is 2.34. The molecule has 2 fully saturated rings. The van der Waals surface area contributed by atoms with Crippen LogP contribution >= 0.6 is 0 Å². The number of rotatable bonds is 11. The number of nitriles is 1. The third kappa shape index (κ3) is 5.68. The average Bonchev–Trinajstić information content (AvgIpc) is 2.92. The van der Waals surface area contributed by atoms with E-state index in [1.165, 1.54) is 6.42 Å². The standard InChI is InChI=1S/C23H35NO4/c1-2-23(13-8-14-23)21(26)11-7-10-19-18(17(16-24)15-20(19)25)9-5-3-4-6-12-22(27)28/h3,5,7,10,17-21,25-26H,2,4,6,8-9,11-15H2,1H3,(H,27,28)/t17-,18-,19+,20+,21?/m0/s1. The van der Waals surface area contributed by atoms with E-state index in [0.717, 1.165) is 19.3 Å². The fourth-order valence-electron chi connectivity index (χ4n) is 4.80. The Hall–Kier alpha value is -1.64. The summed E-state index contributed by atoms with van der Waals surface area (Å²) >= 11 is 0. The number of aliphatic hydroxyl groups is 2. The molecule has 3 N–H and O–H groups in total. The summed E-state index contributed by atoms with van der Waals surface area (Å²) in [4.78, 5) is 10.5. The minimum atomic E-state index is -0.781. The molecule has 2 aliphatic carbocycles. The van der Waals surface area contributed by atoms with Crippen LogP contribution in [-0.2, 0) is 4.79 Å². The van der Waals surface area contributed by atoms with Gasteiger partial charge >= 0.3 is 5.97 Å². The highest BCUT2D eigenvalue weighted by atomic mass is 16.4. The number of unbranched alkanes of at least 4 members (excludes halogenated alkanes) is 1. The smallest absolute Gasteiger partial charge is 0.303 e. The average molecular weight is 390 g/mol. The van der Waals surface area contributed by atoms with Gasteiger partial charge in [-0.15, -0.1) is 0 Å². The van der Waals surface area contributed by atoms with Gasteiger partial charge in [-0.25, -0.2) is 0 Å². The summed E-state index contributed by atoms with van der Waals surface area (Å²) in [5, 5.41) is 39.1. The van der Waals surface area contributed by atoms with E-state index >= 15 is 0 Å². The molecular weight excluding hydrogens is 354 g/mol. The molecule has 0 saturated heterocycles. The number of aliphatic carboxylic acids is 1. The van der Waals surface area contributed by atoms with Crippen LogP contribution in [0.3, 0.4) is 0 Å². The highest BCUT2D eigenvalue weighted by molar-refractivity contribution is 5.66. The highest BCUT2D eigenvalue weighted by Gasteiger charge is 2.42. The molecule has 0 radical (unpaired) electrons. The first-order valence-corrected chi connectivity index (χ1v) is 10.7. The molecule has 28 heavy (non-hydrogen) atoms. The molecule has 0 heterocycles. The van der Waals surface area contributed by atoms with Gasteiger partial charge < -0.3 is 15.3 Å². The molecule has 0 bridgehead atoms. The van der Waals surface area contributed by atoms with Gasteiger partial charge in [0.2, 0.25) is 0 Å². The third-order valence-electron chi connectivity index (χ3n) is 6.93. The van der Waals surface area contributed by atoms with Gasteiger partial charge in [-0.1, -0.05) is 37.6 Å². The molecule has 5 nitrogen and oxygen atoms in total. The summed E-state index contributed by atoms with van der Waals surface area (Å²) < 4.78 is 0. The summed E-state index contributed by atoms with van der Waals surface area (Å²) in [5.74, 6) is -0.963. The van der Waals surface area contributed by atoms with E-state index in [2.05, 4.69) is 13.0 Å². The zero-order chi connectivity index (χ0) is 20.6. The number of carbonyl (C=O) groups is 1. The van der Waals surface area contributed by atoms with Crippen LogP contribution in [0.5, 0.6) is 0 Å². The van der Waals surface area contributed by atoms with E-state index in [1.54, 1.807) is 0 Å². The second-order valence-corrected chi connectivity index (χ2v) is 8.52. The third-order valence-corrected chi connectivity index (χ3v) is 6.93. The van der Waals surface area contributed by atoms with Gasteiger partial charge in [0.15, 0.2) is 0 Å². The second kappa shape index (κ2) is 10.8. The minimum Gasteiger partial charge on any atom is -0.481 e. The molecule has 5 heteroatoms. The van der Waals surface area contributed by atoms with Crippen molar-refractivity contribution < 1.29 is 20.1 Å². The Bertz CT molecular complexity index is 597. The summed E-state index contributed by atoms with van der Waals surface area (Å²) in [7, 11) is 0. The molecular formula is C23H35NO4. The van der Waals surface area contributed by atoms with Crippen molar-refractivity contribution in [1.82, 2.24) is 0 Å². The predicted octanol–water partition coefficient (Wildman–Crippen LogP) is 4.21. The summed E-state index contributed by atoms with van der Waals surface area (Å²) in [6.07, 6.45) is 14.8. The van der Waals surface area contributed by atoms with Crippen molar-refractivity contribution in [3.63, 3.8) is 0 Å². The van der Waals surface area contributed by atoms with Crippen LogP contribution in [0.4, 0.5) is 0 Å². The number of hydrogen-bond donors (Lipinski definition) is 3. The summed E-state index contributed by atoms with van der Waals surface area (Å²) in [6.45, 7) is 2.14. The number of hydrogen-bond acceptors (Lipinski definition) is 4. The predicted molar refractivity (Wildman–Crippen MR) is 108 cm³/mol. The Balaban J connectivity index is 1.89. The Kier molecular flexibility index (Phi) is 8.72. The summed E-state index contributed by atoms with van der Waals surface area (Å²) in [5.41, 5.74) is 0.0753. The Morgan fingerprint density at radius 1 is 1.32 bits per heavy atom. The van der Waals surface area contributed by atoms with Crippen LogP contribution < -0.4 is 0 Å². The van der Waals surface area contributed by atoms with Crippen LogP contribution in [0.1, 0.15) is 71.1 Å². The first-order valence-electron chi connectivity index (χ1n) is 10.7. The van der Waals surface area contributed by atoms with Gasteiger partial charge in [-0.3, -0.25) is 4.79 Å². The van der Waals surface area contributed by atoms with E-state index in [9.17, 15) is 20.3 Å². The van der Waals surface area contributed by atoms with Crippen LogP contribution in [0.2, 0.25) is 0 Å². The largest absolute Gasteiger partial charge is 0.481 e. The Morgan fingerprint density at radius 3 is 2.64 bits per heavy atom. The number of allylic oxidation sites excluding steroid dienone is 2. The van der Waals surface area contributed by atoms with E-state index < -0.39 is 12.1 Å². The van der Waals surface area contributed by atoms with E-state index in [-0.39, 0.29) is 35.7 Å². The van der Waals surface area contributed by atoms with Crippen LogP contribution in [0.15, 0.2) is 24.3 Å². The molecule has 5 atom stereocenters. The van der Waals surface area contributed by atoms with Gasteiger partial charge in [0.05, 0.1) is 24.2 Å². The van der Waals surface area contributed by atoms with Gasteiger partial charge in [-0.05, 0) is 62.7 Å². The van der Waals surface area contributed by atoms with Crippen LogP contribution in [0, 0.1) is 34.5 Å². The maximum atomic E-state index is 10.6. The van der Waals surface area contributed by atoms with E-state index in [4.69, 9.17) is 5.11 Å². The van der Waals surface area contributed by atoms with Gasteiger partial charge in [-0.2, -0.15) is 5.26 Å². The van der Waals surface area contributed by atoms with Gasteiger partial charge in [0.25, 0.3) is 0 Å². The number of nitrogens with zero attached hydrogens (tertiary/aromatic N) is 1. The number of aliphatic hydroxyl groups excluding tert-OH is 2. The fraction of sp³-hybridized carbons (Fsp3) is 0.739. The fourth-order valence-corrected chi connectivity index (χ4v) is 4.80. The molecule has 0 aliphatic heterocycles. The minimum absolute atomic E-state index is 0.0629. The SMILES string of the molecule is CCC1(C(O)CC=C[C@@H]2[C@@H](CC=CCCCC(=O)O)[C@H](C#N)C[C@H]2O)CCC1. The lowest BCUT2D eigenvalue weighted by Crippen LogP contribution is -2.40. The highest BCUT2D eigenvalue weighted by Crippen LogP contribution is 2.48. The molecule has 2 saturated carbocycles. The van der Waals surface area contributed by atoms with E-state index in [0.29, 0.717) is 32.1 Å². The zero-order valence-corrected chi connectivity index (χ0v) is 17.0. The van der Waals surface area contributed by atoms with Gasteiger partial charge in [0.1, 0.15) is 0 Å². The Labute approximate surface area is 168 Å². The van der Waals surface area contributed by atoms with Crippen molar-refractivity contribution in [3.05, 3.63) is 24.3 Å². The molecule has 0 aromatic heterocycles. The maximum Gasteiger partial charge on any atom is 0.303 e. The molecule has 0 spiro atoms. The van der Waals surface area contributed by atoms with Crippen molar-refractivity contribution in [3.8, 4) is 6.07 Å². The molecule has 156 valence electrons. The topological polar surface area (TPSA) is 102 Å². The molecule has 1 unspecified atom stereocenters. The first-order chi connectivity index (χ1) is 13.4. The molecule has 0 amide bonds. The quantitative estimate of drug-likeness (QED) is 0.363. The van der Waals surface area contributed by atoms with Crippen LogP contribution in [-0.4, -0.2) is 33.5 Å². The molecule has 2 aliphatic rings. The monoisotopic (exact) mass is 389 g/mol. The molecule has 0 aromatic rings. The van der Waals surface area contributed by atoms with Crippen LogP contribution in [0.25, 0.3) is 0 Å². The van der Waals surface area contributed by atoms with Crippen molar-refractivity contribution in [2.75, 3.05) is 0 Å². The first kappa shape index (κ1) is 22.6. The number of carboxylic acid groups (broad SMARTS) is 1. The number of carboxylic acids is 1. The lowest BCUT2D eigenvalue weighted by Gasteiger charge is -2.45. The lowest BCUT2D eigenvalue weighted by atomic mass is 9.63. The van der Waals surface area contributed by atoms with Gasteiger partial charge in [0, 0.05) is 12.3 Å². The molecule has 0 aromatic carbocycles. The van der Waals surface area contributed by atoms with E-state index in [1.807, 2.05) is 24.3 Å². The maximum absolute atomic E-state index is 10.6.